The van der Waals surface area contributed by atoms with Gasteiger partial charge in [0.05, 0.1) is 6.10 Å². The monoisotopic (exact) mass is 213 g/mol. The summed E-state index contributed by atoms with van der Waals surface area (Å²) in [4.78, 5) is 2.33. The quantitative estimate of drug-likeness (QED) is 0.630. The maximum Gasteiger partial charge on any atom is 0.163 e. The van der Waals surface area contributed by atoms with E-state index in [-0.39, 0.29) is 24.4 Å². The molecule has 0 amide bonds. The van der Waals surface area contributed by atoms with E-state index in [1.54, 1.807) is 0 Å². The van der Waals surface area contributed by atoms with E-state index in [4.69, 9.17) is 9.47 Å². The summed E-state index contributed by atoms with van der Waals surface area (Å²) in [6.07, 6.45) is 0.963. The Morgan fingerprint density at radius 2 is 2.07 bits per heavy atom. The molecule has 0 spiro atoms. The van der Waals surface area contributed by atoms with Crippen LogP contribution >= 0.6 is 0 Å². The van der Waals surface area contributed by atoms with Gasteiger partial charge in [-0.2, -0.15) is 0 Å². The Labute approximate surface area is 90.2 Å². The van der Waals surface area contributed by atoms with Gasteiger partial charge < -0.3 is 14.6 Å². The molecule has 1 N–H and O–H groups in total. The van der Waals surface area contributed by atoms with E-state index in [9.17, 15) is 5.11 Å². The molecule has 0 radical (unpaired) electrons. The molecule has 0 aromatic carbocycles. The van der Waals surface area contributed by atoms with Crippen molar-refractivity contribution >= 4 is 0 Å². The Morgan fingerprint density at radius 1 is 1.33 bits per heavy atom. The summed E-state index contributed by atoms with van der Waals surface area (Å²) in [5, 5.41) is 9.82. The number of fused-ring (bicyclic) bond motifs is 3. The smallest absolute Gasteiger partial charge is 0.163 e. The number of rotatable bonds is 0. The zero-order chi connectivity index (χ0) is 10.8. The van der Waals surface area contributed by atoms with Crippen LogP contribution in [-0.4, -0.2) is 52.7 Å². The average molecular weight is 213 g/mol. The normalized spacial score (nSPS) is 53.2. The summed E-state index contributed by atoms with van der Waals surface area (Å²) in [6.45, 7) is 6.91. The second-order valence-electron chi connectivity index (χ2n) is 5.45. The zero-order valence-electron chi connectivity index (χ0n) is 9.51. The van der Waals surface area contributed by atoms with E-state index in [0.29, 0.717) is 6.04 Å². The fraction of sp³-hybridized carbons (Fsp3) is 1.00. The van der Waals surface area contributed by atoms with Gasteiger partial charge in [-0.05, 0) is 27.2 Å². The molecule has 0 aliphatic carbocycles. The highest BCUT2D eigenvalue weighted by Crippen LogP contribution is 2.42. The van der Waals surface area contributed by atoms with Gasteiger partial charge in [0.25, 0.3) is 0 Å². The molecule has 0 bridgehead atoms. The first-order chi connectivity index (χ1) is 6.98. The van der Waals surface area contributed by atoms with Crippen LogP contribution in [0.25, 0.3) is 0 Å². The van der Waals surface area contributed by atoms with Gasteiger partial charge in [-0.15, -0.1) is 0 Å². The van der Waals surface area contributed by atoms with E-state index >= 15 is 0 Å². The van der Waals surface area contributed by atoms with Gasteiger partial charge in [0.1, 0.15) is 12.2 Å². The van der Waals surface area contributed by atoms with Crippen molar-refractivity contribution in [2.45, 2.75) is 63.4 Å². The van der Waals surface area contributed by atoms with Crippen molar-refractivity contribution in [3.8, 4) is 0 Å². The van der Waals surface area contributed by atoms with E-state index < -0.39 is 5.79 Å². The van der Waals surface area contributed by atoms with Gasteiger partial charge in [-0.3, -0.25) is 4.90 Å². The second-order valence-corrected chi connectivity index (χ2v) is 5.45. The molecule has 4 nitrogen and oxygen atoms in total. The molecular formula is C11H19NO3. The Bertz CT molecular complexity index is 281. The lowest BCUT2D eigenvalue weighted by Gasteiger charge is -2.26. The van der Waals surface area contributed by atoms with Crippen molar-refractivity contribution < 1.29 is 14.6 Å². The van der Waals surface area contributed by atoms with Crippen molar-refractivity contribution in [2.24, 2.45) is 0 Å². The number of hydrogen-bond acceptors (Lipinski definition) is 4. The molecule has 15 heavy (non-hydrogen) atoms. The van der Waals surface area contributed by atoms with Crippen LogP contribution in [0.15, 0.2) is 0 Å². The maximum atomic E-state index is 9.82. The zero-order valence-corrected chi connectivity index (χ0v) is 9.51. The predicted octanol–water partition coefficient (Wildman–Crippen LogP) is 0.344. The molecule has 86 valence electrons. The molecule has 3 saturated heterocycles. The first kappa shape index (κ1) is 10.0. The minimum absolute atomic E-state index is 0.152. The van der Waals surface area contributed by atoms with Crippen LogP contribution in [-0.2, 0) is 9.47 Å². The molecule has 0 aromatic heterocycles. The third kappa shape index (κ3) is 1.35. The topological polar surface area (TPSA) is 41.9 Å². The predicted molar refractivity (Wildman–Crippen MR) is 54.4 cm³/mol. The fourth-order valence-electron chi connectivity index (χ4n) is 3.27. The van der Waals surface area contributed by atoms with Gasteiger partial charge in [-0.1, -0.05) is 0 Å². The number of hydrogen-bond donors (Lipinski definition) is 1. The van der Waals surface area contributed by atoms with Crippen molar-refractivity contribution in [3.05, 3.63) is 0 Å². The van der Waals surface area contributed by atoms with Crippen LogP contribution in [0.5, 0.6) is 0 Å². The van der Waals surface area contributed by atoms with Gasteiger partial charge in [0, 0.05) is 18.6 Å². The summed E-state index contributed by atoms with van der Waals surface area (Å²) < 4.78 is 11.8. The highest BCUT2D eigenvalue weighted by atomic mass is 16.8. The van der Waals surface area contributed by atoms with Crippen LogP contribution in [0.2, 0.25) is 0 Å². The molecule has 4 heteroatoms. The standard InChI is InChI=1S/C11H19NO3/c1-6-8(13)4-7-10-9(5-12(6)7)14-11(2,3)15-10/h6-10,13H,4-5H2,1-3H3/t6-,7-,8-,9+,10-/m1/s1. The molecule has 3 fully saturated rings. The SMILES string of the molecule is C[C@@H]1[C@H](O)C[C@@H]2[C@H]3OC(C)(C)O[C@H]3CN12. The molecule has 3 heterocycles. The third-order valence-electron chi connectivity index (χ3n) is 3.98. The number of aliphatic hydroxyl groups is 1. The van der Waals surface area contributed by atoms with Gasteiger partial charge in [-0.25, -0.2) is 0 Å². The largest absolute Gasteiger partial charge is 0.391 e. The lowest BCUT2D eigenvalue weighted by molar-refractivity contribution is -0.160. The third-order valence-corrected chi connectivity index (χ3v) is 3.98. The minimum atomic E-state index is -0.446. The summed E-state index contributed by atoms with van der Waals surface area (Å²) >= 11 is 0. The average Bonchev–Trinajstić information content (AvgIpc) is 2.66. The van der Waals surface area contributed by atoms with E-state index in [0.717, 1.165) is 13.0 Å². The summed E-state index contributed by atoms with van der Waals surface area (Å²) in [6, 6.07) is 0.595. The molecule has 3 rings (SSSR count). The second kappa shape index (κ2) is 2.94. The number of nitrogens with zero attached hydrogens (tertiary/aromatic N) is 1. The van der Waals surface area contributed by atoms with Crippen LogP contribution < -0.4 is 0 Å². The summed E-state index contributed by atoms with van der Waals surface area (Å²) in [7, 11) is 0. The van der Waals surface area contributed by atoms with Gasteiger partial charge >= 0.3 is 0 Å². The highest BCUT2D eigenvalue weighted by molar-refractivity contribution is 5.07. The number of aliphatic hydroxyl groups excluding tert-OH is 1. The summed E-state index contributed by atoms with van der Waals surface area (Å²) in [5.74, 6) is -0.446. The van der Waals surface area contributed by atoms with Crippen molar-refractivity contribution in [1.82, 2.24) is 4.90 Å². The Balaban J connectivity index is 1.80. The van der Waals surface area contributed by atoms with E-state index in [1.165, 1.54) is 0 Å². The Morgan fingerprint density at radius 3 is 2.80 bits per heavy atom. The highest BCUT2D eigenvalue weighted by Gasteiger charge is 2.57. The Kier molecular flexibility index (Phi) is 1.97. The lowest BCUT2D eigenvalue weighted by Crippen LogP contribution is -2.37. The number of ether oxygens (including phenoxy) is 2. The van der Waals surface area contributed by atoms with Gasteiger partial charge in [0.15, 0.2) is 5.79 Å². The maximum absolute atomic E-state index is 9.82. The van der Waals surface area contributed by atoms with Crippen LogP contribution in [0.4, 0.5) is 0 Å². The Hall–Kier alpha value is -0.160. The fourth-order valence-corrected chi connectivity index (χ4v) is 3.27. The lowest BCUT2D eigenvalue weighted by atomic mass is 10.1. The van der Waals surface area contributed by atoms with Crippen molar-refractivity contribution in [1.29, 1.82) is 0 Å². The minimum Gasteiger partial charge on any atom is -0.391 e. The molecule has 0 aromatic rings. The van der Waals surface area contributed by atoms with Crippen LogP contribution in [0, 0.1) is 0 Å². The molecule has 0 unspecified atom stereocenters. The molecule has 3 aliphatic heterocycles. The van der Waals surface area contributed by atoms with Crippen LogP contribution in [0.1, 0.15) is 27.2 Å². The molecular weight excluding hydrogens is 194 g/mol. The van der Waals surface area contributed by atoms with E-state index in [1.807, 2.05) is 13.8 Å². The van der Waals surface area contributed by atoms with Gasteiger partial charge in [0.2, 0.25) is 0 Å². The first-order valence-corrected chi connectivity index (χ1v) is 5.77. The van der Waals surface area contributed by atoms with Crippen molar-refractivity contribution in [2.75, 3.05) is 6.54 Å². The molecule has 5 atom stereocenters. The van der Waals surface area contributed by atoms with E-state index in [2.05, 4.69) is 11.8 Å². The molecule has 3 aliphatic rings. The molecule has 0 saturated carbocycles. The first-order valence-electron chi connectivity index (χ1n) is 5.77. The van der Waals surface area contributed by atoms with Crippen LogP contribution in [0.3, 0.4) is 0 Å². The van der Waals surface area contributed by atoms with Crippen molar-refractivity contribution in [3.63, 3.8) is 0 Å². The summed E-state index contributed by atoms with van der Waals surface area (Å²) in [5.41, 5.74) is 0.